The minimum Gasteiger partial charge on any atom is -0.352 e. The lowest BCUT2D eigenvalue weighted by molar-refractivity contribution is -0.121. The molecule has 1 saturated carbocycles. The number of anilines is 1. The summed E-state index contributed by atoms with van der Waals surface area (Å²) in [6, 6.07) is 15.7. The summed E-state index contributed by atoms with van der Waals surface area (Å²) < 4.78 is 0. The van der Waals surface area contributed by atoms with E-state index < -0.39 is 5.91 Å². The van der Waals surface area contributed by atoms with Crippen LogP contribution in [-0.4, -0.2) is 30.3 Å². The number of hydrogen-bond donors (Lipinski definition) is 3. The van der Waals surface area contributed by atoms with Crippen molar-refractivity contribution in [3.63, 3.8) is 0 Å². The number of benzene rings is 2. The highest BCUT2D eigenvalue weighted by Crippen LogP contribution is 2.18. The van der Waals surface area contributed by atoms with Gasteiger partial charge in [-0.15, -0.1) is 0 Å². The third kappa shape index (κ3) is 5.42. The summed E-state index contributed by atoms with van der Waals surface area (Å²) in [7, 11) is 0. The Hall–Kier alpha value is -3.15. The lowest BCUT2D eigenvalue weighted by atomic mass is 9.95. The van der Waals surface area contributed by atoms with Crippen LogP contribution >= 0.6 is 0 Å². The van der Waals surface area contributed by atoms with Crippen molar-refractivity contribution in [1.82, 2.24) is 10.6 Å². The zero-order valence-corrected chi connectivity index (χ0v) is 15.7. The maximum atomic E-state index is 12.5. The van der Waals surface area contributed by atoms with Crippen molar-refractivity contribution in [2.24, 2.45) is 0 Å². The van der Waals surface area contributed by atoms with Crippen LogP contribution in [0.1, 0.15) is 52.8 Å². The van der Waals surface area contributed by atoms with Crippen molar-refractivity contribution in [2.75, 3.05) is 11.9 Å². The van der Waals surface area contributed by atoms with Gasteiger partial charge in [0.2, 0.25) is 5.91 Å². The number of carbonyl (C=O) groups excluding carboxylic acids is 3. The van der Waals surface area contributed by atoms with Crippen LogP contribution in [0.15, 0.2) is 54.6 Å². The number of hydrogen-bond acceptors (Lipinski definition) is 3. The lowest BCUT2D eigenvalue weighted by Crippen LogP contribution is -2.42. The molecule has 0 radical (unpaired) electrons. The van der Waals surface area contributed by atoms with E-state index in [4.69, 9.17) is 0 Å². The summed E-state index contributed by atoms with van der Waals surface area (Å²) in [5.74, 6) is -0.885. The molecule has 3 amide bonds. The van der Waals surface area contributed by atoms with Crippen LogP contribution in [-0.2, 0) is 4.79 Å². The Morgan fingerprint density at radius 1 is 0.821 bits per heavy atom. The van der Waals surface area contributed by atoms with Gasteiger partial charge in [-0.1, -0.05) is 49.6 Å². The number of amides is 3. The van der Waals surface area contributed by atoms with Gasteiger partial charge in [0.25, 0.3) is 11.8 Å². The van der Waals surface area contributed by atoms with Crippen molar-refractivity contribution < 1.29 is 14.4 Å². The Bertz CT molecular complexity index is 830. The van der Waals surface area contributed by atoms with E-state index in [1.165, 1.54) is 6.42 Å². The lowest BCUT2D eigenvalue weighted by Gasteiger charge is -2.22. The molecule has 0 saturated heterocycles. The first kappa shape index (κ1) is 19.6. The van der Waals surface area contributed by atoms with Gasteiger partial charge in [0.05, 0.1) is 17.8 Å². The van der Waals surface area contributed by atoms with Crippen LogP contribution in [0.4, 0.5) is 5.69 Å². The molecular weight excluding hydrogens is 354 g/mol. The summed E-state index contributed by atoms with van der Waals surface area (Å²) in [4.78, 5) is 37.0. The molecule has 0 atom stereocenters. The van der Waals surface area contributed by atoms with Crippen molar-refractivity contribution in [2.45, 2.75) is 38.1 Å². The summed E-state index contributed by atoms with van der Waals surface area (Å²) >= 11 is 0. The van der Waals surface area contributed by atoms with Crippen LogP contribution in [0, 0.1) is 0 Å². The molecule has 0 unspecified atom stereocenters. The molecule has 2 aromatic rings. The van der Waals surface area contributed by atoms with Gasteiger partial charge < -0.3 is 16.0 Å². The molecule has 0 bridgehead atoms. The van der Waals surface area contributed by atoms with Gasteiger partial charge in [0, 0.05) is 11.6 Å². The highest BCUT2D eigenvalue weighted by molar-refractivity contribution is 6.09. The summed E-state index contributed by atoms with van der Waals surface area (Å²) in [6.45, 7) is -0.0870. The molecule has 6 heteroatoms. The minimum atomic E-state index is -0.400. The second kappa shape index (κ2) is 9.69. The molecule has 3 N–H and O–H groups in total. The zero-order valence-electron chi connectivity index (χ0n) is 15.7. The predicted octanol–water partition coefficient (Wildman–Crippen LogP) is 3.12. The van der Waals surface area contributed by atoms with Gasteiger partial charge in [-0.3, -0.25) is 14.4 Å². The molecule has 3 rings (SSSR count). The zero-order chi connectivity index (χ0) is 19.8. The number of rotatable bonds is 6. The standard InChI is InChI=1S/C22H25N3O3/c26-20(24-17-11-5-2-6-12-17)15-23-22(28)18-13-7-8-14-19(18)25-21(27)16-9-3-1-4-10-16/h1,3-4,7-10,13-14,17H,2,5-6,11-12,15H2,(H,23,28)(H,24,26)(H,25,27). The van der Waals surface area contributed by atoms with Gasteiger partial charge in [-0.05, 0) is 37.1 Å². The largest absolute Gasteiger partial charge is 0.352 e. The molecule has 1 fully saturated rings. The first-order valence-corrected chi connectivity index (χ1v) is 9.66. The average Bonchev–Trinajstić information content (AvgIpc) is 2.74. The minimum absolute atomic E-state index is 0.0870. The van der Waals surface area contributed by atoms with Gasteiger partial charge in [-0.2, -0.15) is 0 Å². The molecule has 0 aliphatic heterocycles. The topological polar surface area (TPSA) is 87.3 Å². The molecule has 6 nitrogen and oxygen atoms in total. The molecule has 146 valence electrons. The van der Waals surface area contributed by atoms with Crippen LogP contribution < -0.4 is 16.0 Å². The number of carbonyl (C=O) groups is 3. The van der Waals surface area contributed by atoms with Crippen LogP contribution in [0.2, 0.25) is 0 Å². The first-order chi connectivity index (χ1) is 13.6. The number of para-hydroxylation sites is 1. The van der Waals surface area contributed by atoms with E-state index in [9.17, 15) is 14.4 Å². The van der Waals surface area contributed by atoms with E-state index >= 15 is 0 Å². The Morgan fingerprint density at radius 2 is 1.50 bits per heavy atom. The van der Waals surface area contributed by atoms with Crippen LogP contribution in [0.5, 0.6) is 0 Å². The normalized spacial score (nSPS) is 14.1. The van der Waals surface area contributed by atoms with Gasteiger partial charge >= 0.3 is 0 Å². The maximum Gasteiger partial charge on any atom is 0.255 e. The van der Waals surface area contributed by atoms with Gasteiger partial charge in [-0.25, -0.2) is 0 Å². The number of nitrogens with one attached hydrogen (secondary N) is 3. The van der Waals surface area contributed by atoms with E-state index in [1.54, 1.807) is 48.5 Å². The molecule has 0 spiro atoms. The highest BCUT2D eigenvalue weighted by atomic mass is 16.2. The van der Waals surface area contributed by atoms with Crippen molar-refractivity contribution in [3.8, 4) is 0 Å². The van der Waals surface area contributed by atoms with E-state index in [1.807, 2.05) is 6.07 Å². The average molecular weight is 379 g/mol. The second-order valence-corrected chi connectivity index (χ2v) is 6.95. The van der Waals surface area contributed by atoms with Gasteiger partial charge in [0.15, 0.2) is 0 Å². The fraction of sp³-hybridized carbons (Fsp3) is 0.318. The molecular formula is C22H25N3O3. The predicted molar refractivity (Wildman–Crippen MR) is 108 cm³/mol. The van der Waals surface area contributed by atoms with E-state index in [2.05, 4.69) is 16.0 Å². The fourth-order valence-corrected chi connectivity index (χ4v) is 3.36. The molecule has 0 heterocycles. The molecule has 1 aliphatic rings. The SMILES string of the molecule is O=C(CNC(=O)c1ccccc1NC(=O)c1ccccc1)NC1CCCCC1. The van der Waals surface area contributed by atoms with E-state index in [0.29, 0.717) is 16.8 Å². The van der Waals surface area contributed by atoms with E-state index in [-0.39, 0.29) is 24.4 Å². The smallest absolute Gasteiger partial charge is 0.255 e. The van der Waals surface area contributed by atoms with Gasteiger partial charge in [0.1, 0.15) is 0 Å². The Balaban J connectivity index is 1.57. The van der Waals surface area contributed by atoms with Crippen molar-refractivity contribution in [3.05, 3.63) is 65.7 Å². The Kier molecular flexibility index (Phi) is 6.78. The molecule has 1 aliphatic carbocycles. The van der Waals surface area contributed by atoms with Crippen LogP contribution in [0.3, 0.4) is 0 Å². The molecule has 2 aromatic carbocycles. The van der Waals surface area contributed by atoms with Crippen molar-refractivity contribution >= 4 is 23.4 Å². The van der Waals surface area contributed by atoms with E-state index in [0.717, 1.165) is 25.7 Å². The Labute approximate surface area is 164 Å². The quantitative estimate of drug-likeness (QED) is 0.721. The highest BCUT2D eigenvalue weighted by Gasteiger charge is 2.18. The van der Waals surface area contributed by atoms with Crippen molar-refractivity contribution in [1.29, 1.82) is 0 Å². The third-order valence-corrected chi connectivity index (χ3v) is 4.84. The summed E-state index contributed by atoms with van der Waals surface area (Å²) in [5.41, 5.74) is 1.23. The monoisotopic (exact) mass is 379 g/mol. The summed E-state index contributed by atoms with van der Waals surface area (Å²) in [6.07, 6.45) is 5.47. The second-order valence-electron chi connectivity index (χ2n) is 6.95. The van der Waals surface area contributed by atoms with Crippen LogP contribution in [0.25, 0.3) is 0 Å². The fourth-order valence-electron chi connectivity index (χ4n) is 3.36. The maximum absolute atomic E-state index is 12.5. The summed E-state index contributed by atoms with van der Waals surface area (Å²) in [5, 5.41) is 8.37. The third-order valence-electron chi connectivity index (χ3n) is 4.84. The molecule has 0 aromatic heterocycles. The Morgan fingerprint density at radius 3 is 2.25 bits per heavy atom. The molecule has 28 heavy (non-hydrogen) atoms. The first-order valence-electron chi connectivity index (χ1n) is 9.66.